The lowest BCUT2D eigenvalue weighted by atomic mass is 9.95. The van der Waals surface area contributed by atoms with E-state index >= 15 is 0 Å². The predicted molar refractivity (Wildman–Crippen MR) is 148 cm³/mol. The molecular weight excluding hydrogens is 510 g/mol. The normalized spacial score (nSPS) is 19.8. The fourth-order valence-electron chi connectivity index (χ4n) is 5.59. The first-order chi connectivity index (χ1) is 19.5. The Morgan fingerprint density at radius 3 is 2.60 bits per heavy atom. The Kier molecular flexibility index (Phi) is 7.02. The van der Waals surface area contributed by atoms with Crippen molar-refractivity contribution < 1.29 is 28.6 Å². The lowest BCUT2D eigenvalue weighted by molar-refractivity contribution is -0.125. The van der Waals surface area contributed by atoms with E-state index < -0.39 is 6.10 Å². The highest BCUT2D eigenvalue weighted by molar-refractivity contribution is 6.23. The minimum Gasteiger partial charge on any atom is -0.497 e. The molecule has 0 radical (unpaired) electrons. The van der Waals surface area contributed by atoms with Gasteiger partial charge >= 0.3 is 0 Å². The fraction of sp³-hybridized carbons (Fsp3) is 0.323. The molecule has 9 nitrogen and oxygen atoms in total. The van der Waals surface area contributed by atoms with Gasteiger partial charge in [0, 0.05) is 19.6 Å². The van der Waals surface area contributed by atoms with Crippen molar-refractivity contribution in [3.63, 3.8) is 0 Å². The molecule has 3 aromatic rings. The maximum Gasteiger partial charge on any atom is 0.263 e. The van der Waals surface area contributed by atoms with Crippen LogP contribution in [-0.2, 0) is 11.3 Å². The van der Waals surface area contributed by atoms with Crippen molar-refractivity contribution in [3.05, 3.63) is 83.4 Å². The van der Waals surface area contributed by atoms with E-state index in [0.29, 0.717) is 47.9 Å². The van der Waals surface area contributed by atoms with Crippen molar-refractivity contribution in [1.29, 1.82) is 0 Å². The topological polar surface area (TPSA) is 97.4 Å². The number of nitrogens with zero attached hydrogens (tertiary/aromatic N) is 2. The van der Waals surface area contributed by atoms with Crippen LogP contribution in [0.15, 0.2) is 66.7 Å². The van der Waals surface area contributed by atoms with Gasteiger partial charge in [-0.1, -0.05) is 30.3 Å². The lowest BCUT2D eigenvalue weighted by Gasteiger charge is -2.34. The summed E-state index contributed by atoms with van der Waals surface area (Å²) in [5.74, 6) is 1.09. The minimum atomic E-state index is -0.464. The molecule has 3 heterocycles. The van der Waals surface area contributed by atoms with E-state index in [4.69, 9.17) is 14.2 Å². The average molecular weight is 542 g/mol. The molecule has 0 saturated carbocycles. The zero-order chi connectivity index (χ0) is 27.6. The van der Waals surface area contributed by atoms with Crippen molar-refractivity contribution >= 4 is 23.4 Å². The molecule has 2 atom stereocenters. The largest absolute Gasteiger partial charge is 0.497 e. The maximum absolute atomic E-state index is 13.6. The summed E-state index contributed by atoms with van der Waals surface area (Å²) in [6.07, 6.45) is 1.11. The fourth-order valence-corrected chi connectivity index (χ4v) is 5.59. The number of carbonyl (C=O) groups is 3. The van der Waals surface area contributed by atoms with Crippen LogP contribution in [0.5, 0.6) is 17.2 Å². The second-order valence-electron chi connectivity index (χ2n) is 10.3. The van der Waals surface area contributed by atoms with E-state index in [1.165, 1.54) is 4.90 Å². The molecule has 0 aromatic heterocycles. The Bertz CT molecular complexity index is 1440. The number of amides is 3. The van der Waals surface area contributed by atoms with Crippen LogP contribution in [-0.4, -0.2) is 62.1 Å². The Balaban J connectivity index is 1.13. The molecule has 0 aliphatic carbocycles. The van der Waals surface area contributed by atoms with Gasteiger partial charge in [-0.25, -0.2) is 0 Å². The van der Waals surface area contributed by atoms with Crippen LogP contribution in [0, 0.1) is 5.92 Å². The van der Waals surface area contributed by atoms with Crippen molar-refractivity contribution in [2.45, 2.75) is 25.5 Å². The van der Waals surface area contributed by atoms with Crippen molar-refractivity contribution in [1.82, 2.24) is 10.2 Å². The standard InChI is InChI=1S/C31H31N3O6/c1-38-22-13-11-20(12-14-22)16-32-29(35)21-6-5-15-33(17-21)25-8-4-7-24-28(25)31(37)34(30(24)36)18-23-19-39-26-9-2-3-10-27(26)40-23/h2-4,7-14,21,23H,5-6,15-19H2,1H3,(H,32,35)/t21-,23-/m1/s1. The number of piperidine rings is 1. The molecule has 9 heteroatoms. The monoisotopic (exact) mass is 541 g/mol. The Hall–Kier alpha value is -4.53. The molecule has 1 N–H and O–H groups in total. The van der Waals surface area contributed by atoms with Gasteiger partial charge < -0.3 is 24.4 Å². The molecule has 0 unspecified atom stereocenters. The van der Waals surface area contributed by atoms with Crippen LogP contribution >= 0.6 is 0 Å². The number of hydrogen-bond acceptors (Lipinski definition) is 7. The van der Waals surface area contributed by atoms with Crippen molar-refractivity contribution in [3.8, 4) is 17.2 Å². The van der Waals surface area contributed by atoms with Crippen LogP contribution in [0.2, 0.25) is 0 Å². The summed E-state index contributed by atoms with van der Waals surface area (Å²) in [6.45, 7) is 1.95. The third kappa shape index (κ3) is 4.95. The second kappa shape index (κ2) is 10.9. The van der Waals surface area contributed by atoms with Crippen LogP contribution in [0.3, 0.4) is 0 Å². The van der Waals surface area contributed by atoms with Crippen molar-refractivity contribution in [2.24, 2.45) is 5.92 Å². The van der Waals surface area contributed by atoms with E-state index in [0.717, 1.165) is 24.2 Å². The van der Waals surface area contributed by atoms with E-state index in [1.54, 1.807) is 19.2 Å². The van der Waals surface area contributed by atoms with Gasteiger partial charge in [0.25, 0.3) is 11.8 Å². The van der Waals surface area contributed by atoms with Crippen LogP contribution < -0.4 is 24.4 Å². The van der Waals surface area contributed by atoms with Crippen LogP contribution in [0.25, 0.3) is 0 Å². The molecular formula is C31H31N3O6. The maximum atomic E-state index is 13.6. The summed E-state index contributed by atoms with van der Waals surface area (Å²) in [5.41, 5.74) is 2.45. The number of benzene rings is 3. The molecule has 3 aliphatic heterocycles. The van der Waals surface area contributed by atoms with Gasteiger partial charge in [0.1, 0.15) is 12.4 Å². The summed E-state index contributed by atoms with van der Waals surface area (Å²) in [4.78, 5) is 43.3. The molecule has 3 aromatic carbocycles. The summed E-state index contributed by atoms with van der Waals surface area (Å²) >= 11 is 0. The number of nitrogens with one attached hydrogen (secondary N) is 1. The highest BCUT2D eigenvalue weighted by Gasteiger charge is 2.41. The van der Waals surface area contributed by atoms with Gasteiger partial charge in [-0.3, -0.25) is 19.3 Å². The van der Waals surface area contributed by atoms with Crippen LogP contribution in [0.1, 0.15) is 39.1 Å². The molecule has 40 heavy (non-hydrogen) atoms. The number of ether oxygens (including phenoxy) is 3. The molecule has 6 rings (SSSR count). The number of methoxy groups -OCH3 is 1. The quantitative estimate of drug-likeness (QED) is 0.456. The smallest absolute Gasteiger partial charge is 0.263 e. The van der Waals surface area contributed by atoms with E-state index in [9.17, 15) is 14.4 Å². The summed E-state index contributed by atoms with van der Waals surface area (Å²) in [7, 11) is 1.62. The number of fused-ring (bicyclic) bond motifs is 2. The first kappa shape index (κ1) is 25.7. The van der Waals surface area contributed by atoms with Crippen molar-refractivity contribution in [2.75, 3.05) is 38.3 Å². The number of carbonyl (C=O) groups excluding carboxylic acids is 3. The van der Waals surface area contributed by atoms with Gasteiger partial charge in [-0.05, 0) is 54.8 Å². The predicted octanol–water partition coefficient (Wildman–Crippen LogP) is 3.66. The minimum absolute atomic E-state index is 0.0214. The number of imide groups is 1. The first-order valence-corrected chi connectivity index (χ1v) is 13.5. The number of para-hydroxylation sites is 2. The van der Waals surface area contributed by atoms with Gasteiger partial charge in [0.15, 0.2) is 17.6 Å². The van der Waals surface area contributed by atoms with E-state index in [-0.39, 0.29) is 36.8 Å². The molecule has 3 amide bonds. The van der Waals surface area contributed by atoms with Crippen LogP contribution in [0.4, 0.5) is 5.69 Å². The SMILES string of the molecule is COc1ccc(CNC(=O)[C@@H]2CCCN(c3cccc4c3C(=O)N(C[C@@H]3COc5ccccc5O3)C4=O)C2)cc1. The number of hydrogen-bond donors (Lipinski definition) is 1. The average Bonchev–Trinajstić information content (AvgIpc) is 3.25. The summed E-state index contributed by atoms with van der Waals surface area (Å²) in [5, 5.41) is 3.04. The molecule has 3 aliphatic rings. The van der Waals surface area contributed by atoms with Gasteiger partial charge in [-0.15, -0.1) is 0 Å². The van der Waals surface area contributed by atoms with E-state index in [2.05, 4.69) is 10.2 Å². The van der Waals surface area contributed by atoms with Gasteiger partial charge in [0.05, 0.1) is 36.4 Å². The zero-order valence-corrected chi connectivity index (χ0v) is 22.3. The first-order valence-electron chi connectivity index (χ1n) is 13.5. The summed E-state index contributed by atoms with van der Waals surface area (Å²) < 4.78 is 17.0. The zero-order valence-electron chi connectivity index (χ0n) is 22.3. The Labute approximate surface area is 232 Å². The third-order valence-electron chi connectivity index (χ3n) is 7.69. The molecule has 1 fully saturated rings. The number of rotatable bonds is 7. The lowest BCUT2D eigenvalue weighted by Crippen LogP contribution is -2.44. The third-order valence-corrected chi connectivity index (χ3v) is 7.69. The molecule has 1 saturated heterocycles. The van der Waals surface area contributed by atoms with E-state index in [1.807, 2.05) is 54.6 Å². The summed E-state index contributed by atoms with van der Waals surface area (Å²) in [6, 6.07) is 20.3. The highest BCUT2D eigenvalue weighted by Crippen LogP contribution is 2.36. The highest BCUT2D eigenvalue weighted by atomic mass is 16.6. The Morgan fingerprint density at radius 2 is 1.80 bits per heavy atom. The molecule has 0 bridgehead atoms. The molecule has 206 valence electrons. The Morgan fingerprint density at radius 1 is 1.00 bits per heavy atom. The van der Waals surface area contributed by atoms with Gasteiger partial charge in [0.2, 0.25) is 5.91 Å². The second-order valence-corrected chi connectivity index (χ2v) is 10.3. The number of anilines is 1. The van der Waals surface area contributed by atoms with Gasteiger partial charge in [-0.2, -0.15) is 0 Å². The molecule has 0 spiro atoms.